The lowest BCUT2D eigenvalue weighted by molar-refractivity contribution is 0.107. The lowest BCUT2D eigenvalue weighted by Gasteiger charge is -2.50. The summed E-state index contributed by atoms with van der Waals surface area (Å²) in [6, 6.07) is 6.98. The first-order valence-corrected chi connectivity index (χ1v) is 7.31. The first-order valence-electron chi connectivity index (χ1n) is 7.31. The van der Waals surface area contributed by atoms with Crippen LogP contribution in [0.5, 0.6) is 0 Å². The molecule has 2 bridgehead atoms. The molecular formula is C16H25N3. The minimum atomic E-state index is 0.386. The maximum atomic E-state index is 6.41. The molecule has 19 heavy (non-hydrogen) atoms. The van der Waals surface area contributed by atoms with E-state index in [1.165, 1.54) is 16.8 Å². The largest absolute Gasteiger partial charge is 0.370 e. The van der Waals surface area contributed by atoms with Crippen molar-refractivity contribution in [1.82, 2.24) is 4.90 Å². The van der Waals surface area contributed by atoms with Crippen molar-refractivity contribution in [3.8, 4) is 0 Å². The first-order chi connectivity index (χ1) is 9.06. The Kier molecular flexibility index (Phi) is 3.27. The zero-order chi connectivity index (χ0) is 13.6. The quantitative estimate of drug-likeness (QED) is 0.832. The number of hydrogen-bond donors (Lipinski definition) is 1. The number of hydrogen-bond acceptors (Lipinski definition) is 3. The number of aryl methyl sites for hydroxylation is 2. The summed E-state index contributed by atoms with van der Waals surface area (Å²) < 4.78 is 0. The third-order valence-electron chi connectivity index (χ3n) is 4.85. The van der Waals surface area contributed by atoms with E-state index in [9.17, 15) is 0 Å². The lowest BCUT2D eigenvalue weighted by atomic mass is 9.80. The van der Waals surface area contributed by atoms with Gasteiger partial charge in [-0.3, -0.25) is 0 Å². The number of benzene rings is 1. The summed E-state index contributed by atoms with van der Waals surface area (Å²) in [6.07, 6.45) is 0. The molecule has 0 aliphatic carbocycles. The average molecular weight is 259 g/mol. The fraction of sp³-hybridized carbons (Fsp3) is 0.625. The molecule has 0 radical (unpaired) electrons. The van der Waals surface area contributed by atoms with Gasteiger partial charge in [0.15, 0.2) is 0 Å². The Morgan fingerprint density at radius 3 is 2.05 bits per heavy atom. The number of rotatable bonds is 1. The van der Waals surface area contributed by atoms with E-state index < -0.39 is 0 Å². The molecule has 2 saturated heterocycles. The number of nitrogens with two attached hydrogens (primary N) is 1. The van der Waals surface area contributed by atoms with Gasteiger partial charge in [-0.1, -0.05) is 18.2 Å². The highest BCUT2D eigenvalue weighted by Crippen LogP contribution is 2.33. The second-order valence-electron chi connectivity index (χ2n) is 6.46. The zero-order valence-electron chi connectivity index (χ0n) is 12.3. The van der Waals surface area contributed by atoms with Crippen LogP contribution in [0, 0.1) is 25.7 Å². The van der Waals surface area contributed by atoms with Gasteiger partial charge >= 0.3 is 0 Å². The van der Waals surface area contributed by atoms with E-state index in [4.69, 9.17) is 5.73 Å². The SMILES string of the molecule is Cc1cccc(C)c1N1CC2CN(C)CC(C1)C2N. The molecule has 2 aliphatic rings. The Morgan fingerprint density at radius 2 is 1.53 bits per heavy atom. The van der Waals surface area contributed by atoms with Crippen LogP contribution in [0.4, 0.5) is 5.69 Å². The van der Waals surface area contributed by atoms with Gasteiger partial charge in [0, 0.05) is 49.7 Å². The molecule has 2 unspecified atom stereocenters. The molecule has 0 saturated carbocycles. The zero-order valence-corrected chi connectivity index (χ0v) is 12.3. The lowest BCUT2D eigenvalue weighted by Crippen LogP contribution is -2.62. The molecule has 0 aromatic heterocycles. The van der Waals surface area contributed by atoms with Gasteiger partial charge in [-0.15, -0.1) is 0 Å². The summed E-state index contributed by atoms with van der Waals surface area (Å²) in [5.74, 6) is 1.22. The van der Waals surface area contributed by atoms with Crippen LogP contribution in [0.1, 0.15) is 11.1 Å². The van der Waals surface area contributed by atoms with E-state index in [1.54, 1.807) is 0 Å². The number of anilines is 1. The van der Waals surface area contributed by atoms with Crippen molar-refractivity contribution in [2.24, 2.45) is 17.6 Å². The highest BCUT2D eigenvalue weighted by molar-refractivity contribution is 5.59. The maximum Gasteiger partial charge on any atom is 0.0425 e. The van der Waals surface area contributed by atoms with Crippen LogP contribution in [0.3, 0.4) is 0 Å². The highest BCUT2D eigenvalue weighted by Gasteiger charge is 2.39. The Hall–Kier alpha value is -1.06. The third-order valence-corrected chi connectivity index (χ3v) is 4.85. The van der Waals surface area contributed by atoms with Crippen LogP contribution in [0.25, 0.3) is 0 Å². The molecule has 0 spiro atoms. The van der Waals surface area contributed by atoms with Crippen LogP contribution in [-0.2, 0) is 0 Å². The van der Waals surface area contributed by atoms with Crippen LogP contribution in [-0.4, -0.2) is 44.2 Å². The second-order valence-corrected chi connectivity index (χ2v) is 6.46. The standard InChI is InChI=1S/C16H25N3/c1-11-5-4-6-12(2)16(11)19-9-13-7-18(3)8-14(10-19)15(13)17/h4-6,13-15H,7-10,17H2,1-3H3. The third kappa shape index (κ3) is 2.26. The van der Waals surface area contributed by atoms with E-state index in [2.05, 4.69) is 48.9 Å². The average Bonchev–Trinajstić information content (AvgIpc) is 2.31. The van der Waals surface area contributed by atoms with Gasteiger partial charge in [-0.05, 0) is 32.0 Å². The molecule has 2 aliphatic heterocycles. The van der Waals surface area contributed by atoms with E-state index in [1.807, 2.05) is 0 Å². The molecular weight excluding hydrogens is 234 g/mol. The van der Waals surface area contributed by atoms with Crippen molar-refractivity contribution < 1.29 is 0 Å². The van der Waals surface area contributed by atoms with Gasteiger partial charge in [0.05, 0.1) is 0 Å². The molecule has 0 amide bonds. The molecule has 1 aromatic carbocycles. The summed E-state index contributed by atoms with van der Waals surface area (Å²) in [6.45, 7) is 8.93. The Bertz CT molecular complexity index is 435. The van der Waals surface area contributed by atoms with Crippen molar-refractivity contribution in [2.75, 3.05) is 38.1 Å². The Labute approximate surface area is 116 Å². The van der Waals surface area contributed by atoms with Crippen LogP contribution >= 0.6 is 0 Å². The predicted octanol–water partition coefficient (Wildman–Crippen LogP) is 1.63. The molecule has 2 atom stereocenters. The van der Waals surface area contributed by atoms with Crippen molar-refractivity contribution in [1.29, 1.82) is 0 Å². The highest BCUT2D eigenvalue weighted by atomic mass is 15.2. The molecule has 1 aromatic rings. The van der Waals surface area contributed by atoms with E-state index in [0.29, 0.717) is 17.9 Å². The summed E-state index contributed by atoms with van der Waals surface area (Å²) in [7, 11) is 2.22. The van der Waals surface area contributed by atoms with Gasteiger partial charge in [0.1, 0.15) is 0 Å². The van der Waals surface area contributed by atoms with Crippen LogP contribution in [0.2, 0.25) is 0 Å². The Balaban J connectivity index is 1.89. The number of fused-ring (bicyclic) bond motifs is 2. The minimum absolute atomic E-state index is 0.386. The van der Waals surface area contributed by atoms with Gasteiger partial charge in [0.25, 0.3) is 0 Å². The summed E-state index contributed by atoms with van der Waals surface area (Å²) in [5, 5.41) is 0. The summed E-state index contributed by atoms with van der Waals surface area (Å²) in [4.78, 5) is 5.02. The Morgan fingerprint density at radius 1 is 1.00 bits per heavy atom. The van der Waals surface area contributed by atoms with Gasteiger partial charge in [0.2, 0.25) is 0 Å². The van der Waals surface area contributed by atoms with Crippen LogP contribution in [0.15, 0.2) is 18.2 Å². The number of para-hydroxylation sites is 1. The van der Waals surface area contributed by atoms with Crippen molar-refractivity contribution >= 4 is 5.69 Å². The monoisotopic (exact) mass is 259 g/mol. The van der Waals surface area contributed by atoms with Crippen molar-refractivity contribution in [3.63, 3.8) is 0 Å². The van der Waals surface area contributed by atoms with Gasteiger partial charge < -0.3 is 15.5 Å². The fourth-order valence-electron chi connectivity index (χ4n) is 3.99. The first kappa shape index (κ1) is 12.9. The molecule has 104 valence electrons. The molecule has 2 fully saturated rings. The summed E-state index contributed by atoms with van der Waals surface area (Å²) >= 11 is 0. The number of likely N-dealkylation sites (tertiary alicyclic amines) is 1. The van der Waals surface area contributed by atoms with Crippen molar-refractivity contribution in [3.05, 3.63) is 29.3 Å². The number of nitrogens with zero attached hydrogens (tertiary/aromatic N) is 2. The molecule has 3 heteroatoms. The molecule has 3 nitrogen and oxygen atoms in total. The second kappa shape index (κ2) is 4.80. The molecule has 2 N–H and O–H groups in total. The number of piperidine rings is 2. The summed E-state index contributed by atoms with van der Waals surface area (Å²) in [5.41, 5.74) is 10.6. The fourth-order valence-corrected chi connectivity index (χ4v) is 3.99. The van der Waals surface area contributed by atoms with Gasteiger partial charge in [-0.25, -0.2) is 0 Å². The minimum Gasteiger partial charge on any atom is -0.370 e. The van der Waals surface area contributed by atoms with Crippen LogP contribution < -0.4 is 10.6 Å². The maximum absolute atomic E-state index is 6.41. The predicted molar refractivity (Wildman–Crippen MR) is 80.6 cm³/mol. The van der Waals surface area contributed by atoms with Gasteiger partial charge in [-0.2, -0.15) is 0 Å². The van der Waals surface area contributed by atoms with E-state index in [0.717, 1.165) is 26.2 Å². The topological polar surface area (TPSA) is 32.5 Å². The van der Waals surface area contributed by atoms with E-state index in [-0.39, 0.29) is 0 Å². The van der Waals surface area contributed by atoms with Crippen molar-refractivity contribution in [2.45, 2.75) is 19.9 Å². The molecule has 3 rings (SSSR count). The molecule has 2 heterocycles. The smallest absolute Gasteiger partial charge is 0.0425 e. The normalized spacial score (nSPS) is 31.6. The van der Waals surface area contributed by atoms with E-state index >= 15 is 0 Å².